The van der Waals surface area contributed by atoms with E-state index in [9.17, 15) is 9.59 Å². The van der Waals surface area contributed by atoms with E-state index >= 15 is 0 Å². The lowest BCUT2D eigenvalue weighted by atomic mass is 10.2. The molecule has 0 aliphatic heterocycles. The van der Waals surface area contributed by atoms with E-state index in [2.05, 4.69) is 20.9 Å². The van der Waals surface area contributed by atoms with Crippen LogP contribution in [0.5, 0.6) is 0 Å². The van der Waals surface area contributed by atoms with Gasteiger partial charge < -0.3 is 5.73 Å². The van der Waals surface area contributed by atoms with Gasteiger partial charge in [0.15, 0.2) is 5.16 Å². The highest BCUT2D eigenvalue weighted by Crippen LogP contribution is 2.23. The molecular weight excluding hydrogens is 342 g/mol. The van der Waals surface area contributed by atoms with Crippen molar-refractivity contribution in [2.45, 2.75) is 30.8 Å². The van der Waals surface area contributed by atoms with Gasteiger partial charge >= 0.3 is 0 Å². The number of hydrogen-bond acceptors (Lipinski definition) is 4. The normalized spacial score (nSPS) is 12.6. The standard InChI is InChI=1S/C13H14BrN3O2S/c1-3-17-12(19)9-6-8(14)4-5-10(9)16-13(17)20-7(2)11(15)18/h4-7H,3H2,1-2H3,(H2,15,18). The molecule has 1 aromatic carbocycles. The zero-order valence-electron chi connectivity index (χ0n) is 11.1. The molecule has 5 nitrogen and oxygen atoms in total. The lowest BCUT2D eigenvalue weighted by Gasteiger charge is -2.13. The first-order valence-corrected chi connectivity index (χ1v) is 7.77. The molecule has 0 fully saturated rings. The number of carbonyl (C=O) groups is 1. The molecule has 20 heavy (non-hydrogen) atoms. The van der Waals surface area contributed by atoms with E-state index in [0.717, 1.165) is 4.47 Å². The highest BCUT2D eigenvalue weighted by atomic mass is 79.9. The smallest absolute Gasteiger partial charge is 0.262 e. The maximum Gasteiger partial charge on any atom is 0.262 e. The molecule has 106 valence electrons. The highest BCUT2D eigenvalue weighted by Gasteiger charge is 2.16. The van der Waals surface area contributed by atoms with Crippen molar-refractivity contribution in [3.8, 4) is 0 Å². The number of amides is 1. The third kappa shape index (κ3) is 2.88. The van der Waals surface area contributed by atoms with Crippen LogP contribution in [0.2, 0.25) is 0 Å². The van der Waals surface area contributed by atoms with Crippen LogP contribution in [0.25, 0.3) is 10.9 Å². The van der Waals surface area contributed by atoms with E-state index in [1.54, 1.807) is 23.6 Å². The Kier molecular flexibility index (Phi) is 4.49. The molecule has 0 saturated heterocycles. The van der Waals surface area contributed by atoms with E-state index in [4.69, 9.17) is 5.73 Å². The van der Waals surface area contributed by atoms with Crippen LogP contribution < -0.4 is 11.3 Å². The molecule has 1 unspecified atom stereocenters. The van der Waals surface area contributed by atoms with E-state index in [0.29, 0.717) is 22.6 Å². The highest BCUT2D eigenvalue weighted by molar-refractivity contribution is 9.10. The summed E-state index contributed by atoms with van der Waals surface area (Å²) in [6.07, 6.45) is 0. The second kappa shape index (κ2) is 5.97. The van der Waals surface area contributed by atoms with Crippen LogP contribution in [-0.2, 0) is 11.3 Å². The number of primary amides is 1. The zero-order valence-corrected chi connectivity index (χ0v) is 13.5. The van der Waals surface area contributed by atoms with E-state index in [-0.39, 0.29) is 5.56 Å². The molecule has 1 heterocycles. The maximum atomic E-state index is 12.5. The van der Waals surface area contributed by atoms with E-state index in [1.807, 2.05) is 13.0 Å². The average molecular weight is 356 g/mol. The van der Waals surface area contributed by atoms with Gasteiger partial charge in [-0.1, -0.05) is 27.7 Å². The summed E-state index contributed by atoms with van der Waals surface area (Å²) in [5.74, 6) is -0.428. The van der Waals surface area contributed by atoms with Crippen LogP contribution in [0.1, 0.15) is 13.8 Å². The second-order valence-electron chi connectivity index (χ2n) is 4.27. The monoisotopic (exact) mass is 355 g/mol. The number of benzene rings is 1. The quantitative estimate of drug-likeness (QED) is 0.673. The number of halogens is 1. The number of aromatic nitrogens is 2. The lowest BCUT2D eigenvalue weighted by Crippen LogP contribution is -2.26. The van der Waals surface area contributed by atoms with Crippen molar-refractivity contribution in [3.63, 3.8) is 0 Å². The van der Waals surface area contributed by atoms with Gasteiger partial charge in [-0.15, -0.1) is 0 Å². The molecule has 0 radical (unpaired) electrons. The fourth-order valence-electron chi connectivity index (χ4n) is 1.76. The fourth-order valence-corrected chi connectivity index (χ4v) is 3.04. The van der Waals surface area contributed by atoms with Gasteiger partial charge in [-0.25, -0.2) is 4.98 Å². The van der Waals surface area contributed by atoms with Gasteiger partial charge in [0, 0.05) is 11.0 Å². The summed E-state index contributed by atoms with van der Waals surface area (Å²) in [7, 11) is 0. The summed E-state index contributed by atoms with van der Waals surface area (Å²) in [6.45, 7) is 4.05. The number of rotatable bonds is 4. The third-order valence-corrected chi connectivity index (χ3v) is 4.48. The van der Waals surface area contributed by atoms with Gasteiger partial charge in [0.2, 0.25) is 5.91 Å². The molecule has 1 aromatic heterocycles. The molecule has 0 bridgehead atoms. The lowest BCUT2D eigenvalue weighted by molar-refractivity contribution is -0.117. The van der Waals surface area contributed by atoms with Crippen molar-refractivity contribution in [1.82, 2.24) is 9.55 Å². The minimum absolute atomic E-state index is 0.113. The largest absolute Gasteiger partial charge is 0.369 e. The van der Waals surface area contributed by atoms with Crippen LogP contribution in [0.3, 0.4) is 0 Å². The van der Waals surface area contributed by atoms with E-state index < -0.39 is 11.2 Å². The van der Waals surface area contributed by atoms with Crippen LogP contribution in [0.4, 0.5) is 0 Å². The number of nitrogens with zero attached hydrogens (tertiary/aromatic N) is 2. The van der Waals surface area contributed by atoms with Crippen molar-refractivity contribution in [1.29, 1.82) is 0 Å². The Labute approximate surface area is 128 Å². The Bertz CT molecular complexity index is 729. The molecule has 7 heteroatoms. The molecule has 2 rings (SSSR count). The molecule has 0 saturated carbocycles. The summed E-state index contributed by atoms with van der Waals surface area (Å²) >= 11 is 4.55. The van der Waals surface area contributed by atoms with Gasteiger partial charge in [-0.05, 0) is 32.0 Å². The summed E-state index contributed by atoms with van der Waals surface area (Å²) in [5, 5.41) is 0.628. The van der Waals surface area contributed by atoms with Crippen molar-refractivity contribution >= 4 is 44.5 Å². The third-order valence-electron chi connectivity index (χ3n) is 2.88. The van der Waals surface area contributed by atoms with Crippen LogP contribution in [0.15, 0.2) is 32.6 Å². The second-order valence-corrected chi connectivity index (χ2v) is 6.49. The van der Waals surface area contributed by atoms with Crippen LogP contribution in [0, 0.1) is 0 Å². The van der Waals surface area contributed by atoms with E-state index in [1.165, 1.54) is 11.8 Å². The van der Waals surface area contributed by atoms with Gasteiger partial charge in [0.1, 0.15) is 0 Å². The first-order valence-electron chi connectivity index (χ1n) is 6.10. The molecule has 0 aliphatic carbocycles. The molecule has 1 atom stereocenters. The molecule has 0 aliphatic rings. The minimum Gasteiger partial charge on any atom is -0.369 e. The topological polar surface area (TPSA) is 78.0 Å². The predicted octanol–water partition coefficient (Wildman–Crippen LogP) is 2.14. The predicted molar refractivity (Wildman–Crippen MR) is 83.9 cm³/mol. The molecule has 2 N–H and O–H groups in total. The number of fused-ring (bicyclic) bond motifs is 1. The van der Waals surface area contributed by atoms with Crippen LogP contribution >= 0.6 is 27.7 Å². The Hall–Kier alpha value is -1.34. The Morgan fingerprint density at radius 2 is 2.25 bits per heavy atom. The van der Waals surface area contributed by atoms with Crippen molar-refractivity contribution in [3.05, 3.63) is 33.0 Å². The molecule has 2 aromatic rings. The van der Waals surface area contributed by atoms with Crippen molar-refractivity contribution in [2.75, 3.05) is 0 Å². The van der Waals surface area contributed by atoms with Gasteiger partial charge in [-0.2, -0.15) is 0 Å². The number of nitrogens with two attached hydrogens (primary N) is 1. The number of carbonyl (C=O) groups excluding carboxylic acids is 1. The molecular formula is C13H14BrN3O2S. The Morgan fingerprint density at radius 1 is 1.55 bits per heavy atom. The van der Waals surface area contributed by atoms with Crippen LogP contribution in [-0.4, -0.2) is 20.7 Å². The average Bonchev–Trinajstić information content (AvgIpc) is 2.40. The number of thioether (sulfide) groups is 1. The first-order chi connectivity index (χ1) is 9.43. The summed E-state index contributed by atoms with van der Waals surface area (Å²) < 4.78 is 2.39. The van der Waals surface area contributed by atoms with Gasteiger partial charge in [0.25, 0.3) is 5.56 Å². The first kappa shape index (κ1) is 15.1. The fraction of sp³-hybridized carbons (Fsp3) is 0.308. The SMILES string of the molecule is CCn1c(SC(C)C(N)=O)nc2ccc(Br)cc2c1=O. The molecule has 0 spiro atoms. The van der Waals surface area contributed by atoms with Crippen molar-refractivity contribution < 1.29 is 4.79 Å². The summed E-state index contributed by atoms with van der Waals surface area (Å²) in [5.41, 5.74) is 5.76. The Morgan fingerprint density at radius 3 is 2.85 bits per heavy atom. The van der Waals surface area contributed by atoms with Gasteiger partial charge in [0.05, 0.1) is 16.2 Å². The summed E-state index contributed by atoms with van der Waals surface area (Å²) in [4.78, 5) is 28.1. The number of hydrogen-bond donors (Lipinski definition) is 1. The maximum absolute atomic E-state index is 12.5. The zero-order chi connectivity index (χ0) is 14.9. The minimum atomic E-state index is -0.437. The Balaban J connectivity index is 2.63. The van der Waals surface area contributed by atoms with Gasteiger partial charge in [-0.3, -0.25) is 14.2 Å². The summed E-state index contributed by atoms with van der Waals surface area (Å²) in [6, 6.07) is 5.36. The molecule has 1 amide bonds. The van der Waals surface area contributed by atoms with Crippen molar-refractivity contribution in [2.24, 2.45) is 5.73 Å².